The third kappa shape index (κ3) is 1.83. The van der Waals surface area contributed by atoms with Gasteiger partial charge in [-0.05, 0) is 25.1 Å². The van der Waals surface area contributed by atoms with Crippen molar-refractivity contribution in [3.63, 3.8) is 0 Å². The average molecular weight is 254 g/mol. The maximum atomic E-state index is 11.0. The normalized spacial score (nSPS) is 11.1. The Morgan fingerprint density at radius 1 is 1.32 bits per heavy atom. The second kappa shape index (κ2) is 4.35. The first-order chi connectivity index (χ1) is 9.22. The molecule has 0 spiro atoms. The van der Waals surface area contributed by atoms with Crippen LogP contribution in [-0.2, 0) is 13.6 Å². The molecule has 0 aliphatic carbocycles. The van der Waals surface area contributed by atoms with Gasteiger partial charge in [-0.15, -0.1) is 0 Å². The van der Waals surface area contributed by atoms with Gasteiger partial charge in [0.1, 0.15) is 5.69 Å². The Morgan fingerprint density at radius 3 is 2.84 bits per heavy atom. The summed E-state index contributed by atoms with van der Waals surface area (Å²) in [6.45, 7) is 2.64. The summed E-state index contributed by atoms with van der Waals surface area (Å²) < 4.78 is 3.67. The molecule has 3 rings (SSSR count). The summed E-state index contributed by atoms with van der Waals surface area (Å²) in [5.41, 5.74) is 4.38. The maximum absolute atomic E-state index is 11.0. The Hall–Kier alpha value is -2.43. The van der Waals surface area contributed by atoms with Gasteiger partial charge in [0.05, 0.1) is 23.1 Å². The maximum Gasteiger partial charge on any atom is 0.168 e. The van der Waals surface area contributed by atoms with E-state index in [1.165, 1.54) is 0 Å². The monoisotopic (exact) mass is 254 g/mol. The molecule has 0 bridgehead atoms. The molecule has 1 aromatic carbocycles. The van der Waals surface area contributed by atoms with Crippen molar-refractivity contribution in [2.75, 3.05) is 0 Å². The molecule has 0 aliphatic rings. The summed E-state index contributed by atoms with van der Waals surface area (Å²) in [6, 6.07) is 7.82. The molecule has 5 heteroatoms. The van der Waals surface area contributed by atoms with Crippen LogP contribution in [0.25, 0.3) is 22.3 Å². The number of aryl methyl sites for hydroxylation is 2. The fourth-order valence-electron chi connectivity index (χ4n) is 2.22. The number of benzene rings is 1. The van der Waals surface area contributed by atoms with Crippen molar-refractivity contribution in [3.05, 3.63) is 36.3 Å². The summed E-state index contributed by atoms with van der Waals surface area (Å²) in [6.07, 6.45) is 2.62. The van der Waals surface area contributed by atoms with E-state index in [2.05, 4.69) is 10.1 Å². The number of hydrogen-bond donors (Lipinski definition) is 0. The molecular formula is C14H14N4O. The van der Waals surface area contributed by atoms with E-state index in [-0.39, 0.29) is 0 Å². The highest BCUT2D eigenvalue weighted by atomic mass is 16.1. The first-order valence-electron chi connectivity index (χ1n) is 6.17. The number of imidazole rings is 1. The molecule has 0 atom stereocenters. The lowest BCUT2D eigenvalue weighted by molar-refractivity contribution is 0.111. The molecule has 0 aliphatic heterocycles. The van der Waals surface area contributed by atoms with Crippen molar-refractivity contribution >= 4 is 17.3 Å². The second-order valence-corrected chi connectivity index (χ2v) is 4.45. The van der Waals surface area contributed by atoms with Crippen LogP contribution in [0.15, 0.2) is 30.6 Å². The van der Waals surface area contributed by atoms with Crippen LogP contribution in [0.1, 0.15) is 17.4 Å². The zero-order valence-electron chi connectivity index (χ0n) is 10.9. The van der Waals surface area contributed by atoms with Crippen LogP contribution in [0.3, 0.4) is 0 Å². The van der Waals surface area contributed by atoms with Gasteiger partial charge in [-0.2, -0.15) is 5.10 Å². The average Bonchev–Trinajstić information content (AvgIpc) is 3.02. The zero-order chi connectivity index (χ0) is 13.4. The molecule has 0 N–H and O–H groups in total. The lowest BCUT2D eigenvalue weighted by Gasteiger charge is -1.99. The minimum Gasteiger partial charge on any atom is -0.334 e. The minimum atomic E-state index is 0.596. The standard InChI is InChI=1S/C14H14N4O/c1-3-18-11(8-19)7-12(16-18)10-4-5-14-13(6-10)15-9-17(14)2/h4-9H,3H2,1-2H3. The van der Waals surface area contributed by atoms with E-state index in [0.29, 0.717) is 12.2 Å². The first-order valence-corrected chi connectivity index (χ1v) is 6.17. The fraction of sp³-hybridized carbons (Fsp3) is 0.214. The number of carbonyl (C=O) groups excluding carboxylic acids is 1. The topological polar surface area (TPSA) is 52.7 Å². The van der Waals surface area contributed by atoms with Crippen LogP contribution in [0.5, 0.6) is 0 Å². The van der Waals surface area contributed by atoms with Crippen molar-refractivity contribution in [1.82, 2.24) is 19.3 Å². The van der Waals surface area contributed by atoms with Gasteiger partial charge in [-0.1, -0.05) is 6.07 Å². The summed E-state index contributed by atoms with van der Waals surface area (Å²) >= 11 is 0. The summed E-state index contributed by atoms with van der Waals surface area (Å²) in [5.74, 6) is 0. The molecule has 2 heterocycles. The number of carbonyl (C=O) groups is 1. The summed E-state index contributed by atoms with van der Waals surface area (Å²) in [7, 11) is 1.96. The highest BCUT2D eigenvalue weighted by molar-refractivity contribution is 5.82. The molecule has 0 fully saturated rings. The van der Waals surface area contributed by atoms with Gasteiger partial charge in [-0.3, -0.25) is 9.48 Å². The molecule has 0 radical (unpaired) electrons. The number of aromatic nitrogens is 4. The van der Waals surface area contributed by atoms with Gasteiger partial charge < -0.3 is 4.57 Å². The van der Waals surface area contributed by atoms with Gasteiger partial charge in [-0.25, -0.2) is 4.98 Å². The van der Waals surface area contributed by atoms with Crippen molar-refractivity contribution in [3.8, 4) is 11.3 Å². The Bertz CT molecular complexity index is 754. The van der Waals surface area contributed by atoms with Crippen LogP contribution in [0.4, 0.5) is 0 Å². The van der Waals surface area contributed by atoms with Crippen molar-refractivity contribution in [2.24, 2.45) is 7.05 Å². The lowest BCUT2D eigenvalue weighted by atomic mass is 10.1. The quantitative estimate of drug-likeness (QED) is 0.674. The van der Waals surface area contributed by atoms with Crippen molar-refractivity contribution < 1.29 is 4.79 Å². The fourth-order valence-corrected chi connectivity index (χ4v) is 2.22. The number of aldehydes is 1. The molecule has 2 aromatic heterocycles. The molecule has 96 valence electrons. The molecule has 0 amide bonds. The number of fused-ring (bicyclic) bond motifs is 1. The second-order valence-electron chi connectivity index (χ2n) is 4.45. The number of rotatable bonds is 3. The summed E-state index contributed by atoms with van der Waals surface area (Å²) in [4.78, 5) is 15.3. The van der Waals surface area contributed by atoms with E-state index in [9.17, 15) is 4.79 Å². The third-order valence-electron chi connectivity index (χ3n) is 3.25. The molecule has 0 saturated heterocycles. The van der Waals surface area contributed by atoms with Crippen LogP contribution >= 0.6 is 0 Å². The molecule has 0 unspecified atom stereocenters. The predicted octanol–water partition coefficient (Wildman–Crippen LogP) is 2.27. The molecule has 0 saturated carbocycles. The molecule has 3 aromatic rings. The highest BCUT2D eigenvalue weighted by Gasteiger charge is 2.09. The van der Waals surface area contributed by atoms with E-state index in [1.807, 2.05) is 36.7 Å². The van der Waals surface area contributed by atoms with Crippen LogP contribution in [-0.4, -0.2) is 25.6 Å². The number of nitrogens with zero attached hydrogens (tertiary/aromatic N) is 4. The highest BCUT2D eigenvalue weighted by Crippen LogP contribution is 2.23. The van der Waals surface area contributed by atoms with Crippen LogP contribution < -0.4 is 0 Å². The molecular weight excluding hydrogens is 240 g/mol. The van der Waals surface area contributed by atoms with Gasteiger partial charge in [0, 0.05) is 19.2 Å². The Kier molecular flexibility index (Phi) is 2.67. The first kappa shape index (κ1) is 11.6. The van der Waals surface area contributed by atoms with E-state index >= 15 is 0 Å². The van der Waals surface area contributed by atoms with Gasteiger partial charge >= 0.3 is 0 Å². The molecule has 5 nitrogen and oxygen atoms in total. The SMILES string of the molecule is CCn1nc(-c2ccc3c(c2)ncn3C)cc1C=O. The zero-order valence-corrected chi connectivity index (χ0v) is 10.9. The smallest absolute Gasteiger partial charge is 0.168 e. The largest absolute Gasteiger partial charge is 0.334 e. The third-order valence-corrected chi connectivity index (χ3v) is 3.25. The minimum absolute atomic E-state index is 0.596. The van der Waals surface area contributed by atoms with E-state index < -0.39 is 0 Å². The van der Waals surface area contributed by atoms with Gasteiger partial charge in [0.15, 0.2) is 6.29 Å². The van der Waals surface area contributed by atoms with E-state index in [1.54, 1.807) is 17.1 Å². The lowest BCUT2D eigenvalue weighted by Crippen LogP contribution is -2.00. The van der Waals surface area contributed by atoms with Crippen molar-refractivity contribution in [1.29, 1.82) is 0 Å². The van der Waals surface area contributed by atoms with E-state index in [0.717, 1.165) is 28.6 Å². The van der Waals surface area contributed by atoms with Gasteiger partial charge in [0.25, 0.3) is 0 Å². The predicted molar refractivity (Wildman–Crippen MR) is 73.0 cm³/mol. The Balaban J connectivity index is 2.13. The van der Waals surface area contributed by atoms with Crippen LogP contribution in [0, 0.1) is 0 Å². The van der Waals surface area contributed by atoms with Crippen LogP contribution in [0.2, 0.25) is 0 Å². The number of hydrogen-bond acceptors (Lipinski definition) is 3. The van der Waals surface area contributed by atoms with Gasteiger partial charge in [0.2, 0.25) is 0 Å². The molecule has 19 heavy (non-hydrogen) atoms. The summed E-state index contributed by atoms with van der Waals surface area (Å²) in [5, 5.41) is 4.43. The van der Waals surface area contributed by atoms with Crippen molar-refractivity contribution in [2.45, 2.75) is 13.5 Å². The van der Waals surface area contributed by atoms with E-state index in [4.69, 9.17) is 0 Å². The Labute approximate surface area is 110 Å². The Morgan fingerprint density at radius 2 is 2.16 bits per heavy atom.